The molecule has 1 aromatic rings. The molecule has 9 heteroatoms. The molecule has 0 saturated carbocycles. The van der Waals surface area contributed by atoms with Gasteiger partial charge in [0.2, 0.25) is 5.91 Å². The minimum atomic E-state index is -2.87. The number of hydrogen-bond acceptors (Lipinski definition) is 4. The standard InChI is InChI=1S/C18H20ClF2N5O/c1-10(15-5-11-3-2-4-14(19)13(11)7-24-15)25-16(23)12(6-22)17(27)26-8-18(20,21)9-26/h2-4,6,10,12,22H,5,7-9H2,1H3,(H2,23,25). The highest BCUT2D eigenvalue weighted by molar-refractivity contribution is 6.31. The fraction of sp³-hybridized carbons (Fsp3) is 0.444. The average molecular weight is 396 g/mol. The molecule has 0 spiro atoms. The van der Waals surface area contributed by atoms with Crippen molar-refractivity contribution in [2.45, 2.75) is 31.9 Å². The molecule has 2 aliphatic rings. The summed E-state index contributed by atoms with van der Waals surface area (Å²) in [5, 5.41) is 8.13. The van der Waals surface area contributed by atoms with Crippen LogP contribution in [0.1, 0.15) is 18.1 Å². The van der Waals surface area contributed by atoms with E-state index in [0.29, 0.717) is 18.0 Å². The Labute approximate surface area is 160 Å². The fourth-order valence-electron chi connectivity index (χ4n) is 3.18. The second-order valence-corrected chi connectivity index (χ2v) is 7.19. The number of aliphatic imine (C=N–C) groups is 2. The summed E-state index contributed by atoms with van der Waals surface area (Å²) in [7, 11) is 0. The Morgan fingerprint density at radius 2 is 2.19 bits per heavy atom. The van der Waals surface area contributed by atoms with Gasteiger partial charge in [0.1, 0.15) is 11.8 Å². The maximum absolute atomic E-state index is 13.0. The lowest BCUT2D eigenvalue weighted by atomic mass is 9.96. The maximum Gasteiger partial charge on any atom is 0.282 e. The topological polar surface area (TPSA) is 94.9 Å². The number of amidine groups is 1. The van der Waals surface area contributed by atoms with E-state index in [0.717, 1.165) is 28.0 Å². The fourth-order valence-corrected chi connectivity index (χ4v) is 3.44. The molecule has 144 valence electrons. The largest absolute Gasteiger partial charge is 0.386 e. The van der Waals surface area contributed by atoms with Gasteiger partial charge in [-0.15, -0.1) is 0 Å². The summed E-state index contributed by atoms with van der Waals surface area (Å²) in [5.41, 5.74) is 8.77. The van der Waals surface area contributed by atoms with Crippen molar-refractivity contribution in [1.82, 2.24) is 4.90 Å². The lowest BCUT2D eigenvalue weighted by molar-refractivity contribution is -0.166. The molecule has 1 amide bonds. The van der Waals surface area contributed by atoms with E-state index in [1.165, 1.54) is 0 Å². The van der Waals surface area contributed by atoms with E-state index in [1.54, 1.807) is 6.92 Å². The van der Waals surface area contributed by atoms with E-state index in [9.17, 15) is 13.6 Å². The van der Waals surface area contributed by atoms with Crippen LogP contribution < -0.4 is 5.73 Å². The predicted molar refractivity (Wildman–Crippen MR) is 101 cm³/mol. The molecule has 6 nitrogen and oxygen atoms in total. The van der Waals surface area contributed by atoms with Crippen molar-refractivity contribution in [2.75, 3.05) is 13.1 Å². The quantitative estimate of drug-likeness (QED) is 0.591. The summed E-state index contributed by atoms with van der Waals surface area (Å²) in [6.45, 7) is 0.941. The first-order valence-electron chi connectivity index (χ1n) is 8.51. The molecule has 1 fully saturated rings. The Morgan fingerprint density at radius 3 is 2.81 bits per heavy atom. The van der Waals surface area contributed by atoms with Crippen LogP contribution in [0.4, 0.5) is 8.78 Å². The highest BCUT2D eigenvalue weighted by Gasteiger charge is 2.47. The smallest absolute Gasteiger partial charge is 0.282 e. The number of hydrogen-bond donors (Lipinski definition) is 2. The molecule has 0 radical (unpaired) electrons. The maximum atomic E-state index is 13.0. The molecular formula is C18H20ClF2N5O. The molecule has 2 aliphatic heterocycles. The third-order valence-electron chi connectivity index (χ3n) is 4.76. The molecule has 3 N–H and O–H groups in total. The van der Waals surface area contributed by atoms with Crippen LogP contribution in [-0.4, -0.2) is 53.6 Å². The van der Waals surface area contributed by atoms with E-state index in [-0.39, 0.29) is 5.84 Å². The van der Waals surface area contributed by atoms with E-state index in [4.69, 9.17) is 22.7 Å². The van der Waals surface area contributed by atoms with Crippen LogP contribution in [0.3, 0.4) is 0 Å². The molecule has 0 bridgehead atoms. The summed E-state index contributed by atoms with van der Waals surface area (Å²) in [5.74, 6) is -4.72. The Bertz CT molecular complexity index is 831. The van der Waals surface area contributed by atoms with Crippen molar-refractivity contribution in [3.63, 3.8) is 0 Å². The van der Waals surface area contributed by atoms with Crippen LogP contribution in [-0.2, 0) is 17.8 Å². The van der Waals surface area contributed by atoms with Crippen molar-refractivity contribution in [1.29, 1.82) is 5.41 Å². The monoisotopic (exact) mass is 395 g/mol. The van der Waals surface area contributed by atoms with Crippen molar-refractivity contribution in [3.05, 3.63) is 34.3 Å². The number of carbonyl (C=O) groups excluding carboxylic acids is 1. The van der Waals surface area contributed by atoms with Crippen LogP contribution in [0.5, 0.6) is 0 Å². The van der Waals surface area contributed by atoms with Crippen LogP contribution in [0.15, 0.2) is 28.2 Å². The van der Waals surface area contributed by atoms with Gasteiger partial charge in [-0.2, -0.15) is 0 Å². The number of nitrogens with one attached hydrogen (secondary N) is 1. The zero-order valence-corrected chi connectivity index (χ0v) is 15.5. The molecule has 2 heterocycles. The second kappa shape index (κ2) is 7.34. The van der Waals surface area contributed by atoms with Gasteiger partial charge in [0.05, 0.1) is 25.7 Å². The van der Waals surface area contributed by atoms with Gasteiger partial charge in [0.15, 0.2) is 0 Å². The summed E-state index contributed by atoms with van der Waals surface area (Å²) in [6.07, 6.45) is 1.40. The second-order valence-electron chi connectivity index (χ2n) is 6.79. The van der Waals surface area contributed by atoms with Crippen molar-refractivity contribution in [3.8, 4) is 0 Å². The SMILES string of the molecule is CC(N=C(N)C(C=N)C(=O)N1CC(F)(F)C1)C1=NCc2c(Cl)cccc2C1. The molecular weight excluding hydrogens is 376 g/mol. The van der Waals surface area contributed by atoms with Gasteiger partial charge in [0, 0.05) is 23.4 Å². The predicted octanol–water partition coefficient (Wildman–Crippen LogP) is 2.33. The molecule has 2 unspecified atom stereocenters. The van der Waals surface area contributed by atoms with Crippen LogP contribution in [0.25, 0.3) is 0 Å². The molecule has 1 saturated heterocycles. The minimum Gasteiger partial charge on any atom is -0.386 e. The number of nitrogens with two attached hydrogens (primary N) is 1. The van der Waals surface area contributed by atoms with Gasteiger partial charge in [0.25, 0.3) is 5.92 Å². The number of amides is 1. The number of carbonyl (C=O) groups is 1. The number of nitrogens with zero attached hydrogens (tertiary/aromatic N) is 3. The Balaban J connectivity index is 1.70. The van der Waals surface area contributed by atoms with Crippen LogP contribution >= 0.6 is 11.6 Å². The zero-order chi connectivity index (χ0) is 19.8. The number of likely N-dealkylation sites (tertiary alicyclic amines) is 1. The highest BCUT2D eigenvalue weighted by Crippen LogP contribution is 2.28. The first-order valence-corrected chi connectivity index (χ1v) is 8.89. The summed E-state index contributed by atoms with van der Waals surface area (Å²) < 4.78 is 26.0. The molecule has 1 aromatic carbocycles. The third-order valence-corrected chi connectivity index (χ3v) is 5.11. The van der Waals surface area contributed by atoms with E-state index in [1.807, 2.05) is 18.2 Å². The first-order chi connectivity index (χ1) is 12.7. The van der Waals surface area contributed by atoms with Crippen molar-refractivity contribution in [2.24, 2.45) is 21.6 Å². The summed E-state index contributed by atoms with van der Waals surface area (Å²) >= 11 is 6.18. The molecule has 0 aliphatic carbocycles. The van der Waals surface area contributed by atoms with E-state index >= 15 is 0 Å². The average Bonchev–Trinajstić information content (AvgIpc) is 2.60. The van der Waals surface area contributed by atoms with Crippen LogP contribution in [0.2, 0.25) is 5.02 Å². The number of fused-ring (bicyclic) bond motifs is 1. The lowest BCUT2D eigenvalue weighted by Crippen LogP contribution is -2.61. The van der Waals surface area contributed by atoms with Gasteiger partial charge in [-0.3, -0.25) is 14.8 Å². The Morgan fingerprint density at radius 1 is 1.48 bits per heavy atom. The van der Waals surface area contributed by atoms with E-state index in [2.05, 4.69) is 9.98 Å². The highest BCUT2D eigenvalue weighted by atomic mass is 35.5. The number of alkyl halides is 2. The van der Waals surface area contributed by atoms with Crippen LogP contribution in [0, 0.1) is 11.3 Å². The zero-order valence-electron chi connectivity index (χ0n) is 14.8. The number of halogens is 3. The Hall–Kier alpha value is -2.35. The molecule has 27 heavy (non-hydrogen) atoms. The van der Waals surface area contributed by atoms with Crippen molar-refractivity contribution >= 4 is 35.3 Å². The minimum absolute atomic E-state index is 0.0719. The third kappa shape index (κ3) is 4.00. The number of benzene rings is 1. The van der Waals surface area contributed by atoms with Gasteiger partial charge in [-0.25, -0.2) is 8.78 Å². The van der Waals surface area contributed by atoms with Gasteiger partial charge in [-0.1, -0.05) is 23.7 Å². The normalized spacial score (nSPS) is 20.8. The molecule has 3 rings (SSSR count). The van der Waals surface area contributed by atoms with Crippen molar-refractivity contribution < 1.29 is 13.6 Å². The molecule has 2 atom stereocenters. The van der Waals surface area contributed by atoms with Gasteiger partial charge in [-0.05, 0) is 24.1 Å². The van der Waals surface area contributed by atoms with Gasteiger partial charge >= 0.3 is 0 Å². The van der Waals surface area contributed by atoms with Gasteiger partial charge < -0.3 is 16.0 Å². The first kappa shape index (κ1) is 19.4. The molecule has 0 aromatic heterocycles. The summed E-state index contributed by atoms with van der Waals surface area (Å²) in [6, 6.07) is 5.27. The lowest BCUT2D eigenvalue weighted by Gasteiger charge is -2.39. The summed E-state index contributed by atoms with van der Waals surface area (Å²) in [4.78, 5) is 22.1. The Kier molecular flexibility index (Phi) is 5.28. The van der Waals surface area contributed by atoms with E-state index < -0.39 is 36.9 Å². The number of rotatable bonds is 5.